The van der Waals surface area contributed by atoms with E-state index >= 15 is 0 Å². The summed E-state index contributed by atoms with van der Waals surface area (Å²) >= 11 is 0. The average molecular weight is 420 g/mol. The summed E-state index contributed by atoms with van der Waals surface area (Å²) < 4.78 is 5.93. The number of furan rings is 1. The normalized spacial score (nSPS) is 16.6. The zero-order valence-electron chi connectivity index (χ0n) is 17.2. The van der Waals surface area contributed by atoms with Gasteiger partial charge in [0.15, 0.2) is 0 Å². The number of nitrogens with zero attached hydrogens (tertiary/aromatic N) is 2. The molecule has 1 aliphatic heterocycles. The largest absolute Gasteiger partial charge is 0.460 e. The lowest BCUT2D eigenvalue weighted by Crippen LogP contribution is -2.26. The van der Waals surface area contributed by atoms with E-state index in [9.17, 15) is 9.59 Å². The van der Waals surface area contributed by atoms with E-state index in [0.29, 0.717) is 6.04 Å². The fourth-order valence-electron chi connectivity index (χ4n) is 3.56. The van der Waals surface area contributed by atoms with Crippen LogP contribution in [0.15, 0.2) is 59.2 Å². The molecule has 4 rings (SSSR count). The Labute approximate surface area is 179 Å². The molecule has 8 heteroatoms. The Morgan fingerprint density at radius 2 is 2.16 bits per heavy atom. The summed E-state index contributed by atoms with van der Waals surface area (Å²) in [5.41, 5.74) is 3.71. The topological polar surface area (TPSA) is 96.7 Å². The number of hydrogen-bond donors (Lipinski definition) is 2. The number of carbonyl (C=O) groups excluding carboxylic acids is 2. The van der Waals surface area contributed by atoms with Crippen molar-refractivity contribution < 1.29 is 18.8 Å². The Kier molecular flexibility index (Phi) is 6.28. The Bertz CT molecular complexity index is 1060. The van der Waals surface area contributed by atoms with Crippen LogP contribution in [0.4, 0.5) is 5.82 Å². The highest BCUT2D eigenvalue weighted by Crippen LogP contribution is 2.22. The Balaban J connectivity index is 1.26. The van der Waals surface area contributed by atoms with Gasteiger partial charge in [-0.05, 0) is 42.3 Å². The van der Waals surface area contributed by atoms with E-state index in [1.165, 1.54) is 13.0 Å². The zero-order valence-corrected chi connectivity index (χ0v) is 17.2. The van der Waals surface area contributed by atoms with Crippen molar-refractivity contribution in [3.8, 4) is 0 Å². The molecule has 0 spiro atoms. The summed E-state index contributed by atoms with van der Waals surface area (Å²) in [4.78, 5) is 33.4. The maximum atomic E-state index is 11.5. The Morgan fingerprint density at radius 1 is 1.29 bits per heavy atom. The van der Waals surface area contributed by atoms with Crippen molar-refractivity contribution in [2.24, 2.45) is 0 Å². The molecule has 31 heavy (non-hydrogen) atoms. The van der Waals surface area contributed by atoms with Crippen molar-refractivity contribution >= 4 is 34.7 Å². The van der Waals surface area contributed by atoms with Gasteiger partial charge in [0.25, 0.3) is 5.91 Å². The molecule has 1 amide bonds. The number of aromatic nitrogens is 1. The summed E-state index contributed by atoms with van der Waals surface area (Å²) in [5.74, 6) is 0.667. The van der Waals surface area contributed by atoms with Gasteiger partial charge in [-0.15, -0.1) is 0 Å². The SMILES string of the molecule is CC(=O)ONC(=O)/C=C/c1ccc(N[C@@H]2CCN(Cc3cc4ccccc4o3)C2)nc1. The second kappa shape index (κ2) is 9.44. The number of nitrogens with one attached hydrogen (secondary N) is 2. The molecular weight excluding hydrogens is 396 g/mol. The molecule has 1 aliphatic rings. The third kappa shape index (κ3) is 5.70. The fourth-order valence-corrected chi connectivity index (χ4v) is 3.56. The van der Waals surface area contributed by atoms with Crippen molar-refractivity contribution in [2.45, 2.75) is 25.9 Å². The third-order valence-electron chi connectivity index (χ3n) is 4.99. The van der Waals surface area contributed by atoms with Gasteiger partial charge in [0.2, 0.25) is 0 Å². The van der Waals surface area contributed by atoms with Gasteiger partial charge in [0.05, 0.1) is 6.54 Å². The molecule has 2 N–H and O–H groups in total. The van der Waals surface area contributed by atoms with Gasteiger partial charge in [0, 0.05) is 43.7 Å². The molecule has 8 nitrogen and oxygen atoms in total. The van der Waals surface area contributed by atoms with E-state index in [1.54, 1.807) is 12.3 Å². The van der Waals surface area contributed by atoms with Gasteiger partial charge < -0.3 is 14.6 Å². The predicted octanol–water partition coefficient (Wildman–Crippen LogP) is 3.12. The molecule has 1 atom stereocenters. The molecule has 0 bridgehead atoms. The number of likely N-dealkylation sites (tertiary alicyclic amines) is 1. The fraction of sp³-hybridized carbons (Fsp3) is 0.261. The van der Waals surface area contributed by atoms with Crippen LogP contribution in [0.1, 0.15) is 24.7 Å². The highest BCUT2D eigenvalue weighted by atomic mass is 16.7. The number of fused-ring (bicyclic) bond motifs is 1. The maximum Gasteiger partial charge on any atom is 0.329 e. The molecule has 1 saturated heterocycles. The van der Waals surface area contributed by atoms with Gasteiger partial charge in [-0.2, -0.15) is 5.48 Å². The lowest BCUT2D eigenvalue weighted by Gasteiger charge is -2.16. The molecule has 1 aromatic carbocycles. The number of amides is 1. The van der Waals surface area contributed by atoms with Crippen LogP contribution in [0.25, 0.3) is 17.0 Å². The average Bonchev–Trinajstić information content (AvgIpc) is 3.38. The first-order valence-corrected chi connectivity index (χ1v) is 10.1. The molecule has 0 saturated carbocycles. The van der Waals surface area contributed by atoms with Crippen LogP contribution >= 0.6 is 0 Å². The van der Waals surface area contributed by atoms with E-state index in [0.717, 1.165) is 54.2 Å². The van der Waals surface area contributed by atoms with E-state index in [1.807, 2.05) is 35.8 Å². The maximum absolute atomic E-state index is 11.5. The minimum absolute atomic E-state index is 0.313. The van der Waals surface area contributed by atoms with E-state index < -0.39 is 11.9 Å². The van der Waals surface area contributed by atoms with Crippen molar-refractivity contribution in [3.63, 3.8) is 0 Å². The van der Waals surface area contributed by atoms with E-state index in [2.05, 4.69) is 32.2 Å². The van der Waals surface area contributed by atoms with Gasteiger partial charge in [-0.3, -0.25) is 14.5 Å². The van der Waals surface area contributed by atoms with E-state index in [4.69, 9.17) is 4.42 Å². The van der Waals surface area contributed by atoms with Crippen molar-refractivity contribution in [3.05, 3.63) is 66.1 Å². The van der Waals surface area contributed by atoms with Crippen LogP contribution < -0.4 is 10.8 Å². The van der Waals surface area contributed by atoms with Gasteiger partial charge in [0.1, 0.15) is 17.2 Å². The van der Waals surface area contributed by atoms with Crippen molar-refractivity contribution in [1.82, 2.24) is 15.4 Å². The molecule has 3 aromatic rings. The second-order valence-corrected chi connectivity index (χ2v) is 7.49. The molecule has 0 unspecified atom stereocenters. The monoisotopic (exact) mass is 420 g/mol. The summed E-state index contributed by atoms with van der Waals surface area (Å²) in [7, 11) is 0. The molecule has 1 fully saturated rings. The second-order valence-electron chi connectivity index (χ2n) is 7.49. The number of benzene rings is 1. The number of anilines is 1. The summed E-state index contributed by atoms with van der Waals surface area (Å²) in [5, 5.41) is 4.60. The van der Waals surface area contributed by atoms with Crippen molar-refractivity contribution in [1.29, 1.82) is 0 Å². The third-order valence-corrected chi connectivity index (χ3v) is 4.99. The first-order chi connectivity index (χ1) is 15.0. The van der Waals surface area contributed by atoms with Gasteiger partial charge in [-0.1, -0.05) is 18.2 Å². The van der Waals surface area contributed by atoms with Crippen molar-refractivity contribution in [2.75, 3.05) is 18.4 Å². The predicted molar refractivity (Wildman–Crippen MR) is 117 cm³/mol. The van der Waals surface area contributed by atoms with Crippen LogP contribution in [0.5, 0.6) is 0 Å². The standard InChI is InChI=1S/C23H24N4O4/c1-16(28)31-26-23(29)9-7-17-6-8-22(24-13-17)25-19-10-11-27(14-19)15-20-12-18-4-2-3-5-21(18)30-20/h2-9,12-13,19H,10-11,14-15H2,1H3,(H,24,25)(H,26,29)/b9-7+/t19-/m1/s1. The minimum atomic E-state index is -0.582. The van der Waals surface area contributed by atoms with Gasteiger partial charge in [-0.25, -0.2) is 4.98 Å². The number of pyridine rings is 1. The van der Waals surface area contributed by atoms with Crippen LogP contribution in [0.3, 0.4) is 0 Å². The smallest absolute Gasteiger partial charge is 0.329 e. The van der Waals surface area contributed by atoms with Crippen LogP contribution in [-0.4, -0.2) is 40.9 Å². The number of hydrogen-bond acceptors (Lipinski definition) is 7. The number of rotatable bonds is 6. The Hall–Kier alpha value is -3.65. The summed E-state index contributed by atoms with van der Waals surface area (Å²) in [6, 6.07) is 14.2. The van der Waals surface area contributed by atoms with E-state index in [-0.39, 0.29) is 0 Å². The number of carbonyl (C=O) groups is 2. The first kappa shape index (κ1) is 20.6. The highest BCUT2D eigenvalue weighted by molar-refractivity contribution is 5.91. The molecular formula is C23H24N4O4. The van der Waals surface area contributed by atoms with Crippen LogP contribution in [-0.2, 0) is 21.0 Å². The molecule has 2 aromatic heterocycles. The molecule has 160 valence electrons. The quantitative estimate of drug-likeness (QED) is 0.467. The molecule has 0 aliphatic carbocycles. The first-order valence-electron chi connectivity index (χ1n) is 10.1. The van der Waals surface area contributed by atoms with Crippen LogP contribution in [0, 0.1) is 0 Å². The Morgan fingerprint density at radius 3 is 2.94 bits per heavy atom. The highest BCUT2D eigenvalue weighted by Gasteiger charge is 2.23. The summed E-state index contributed by atoms with van der Waals surface area (Å²) in [6.45, 7) is 3.91. The number of hydroxylamine groups is 1. The number of para-hydroxylation sites is 1. The van der Waals surface area contributed by atoms with Gasteiger partial charge >= 0.3 is 5.97 Å². The lowest BCUT2D eigenvalue weighted by atomic mass is 10.2. The minimum Gasteiger partial charge on any atom is -0.460 e. The lowest BCUT2D eigenvalue weighted by molar-refractivity contribution is -0.154. The zero-order chi connectivity index (χ0) is 21.6. The molecule has 3 heterocycles. The summed E-state index contributed by atoms with van der Waals surface area (Å²) in [6.07, 6.45) is 5.58. The molecule has 0 radical (unpaired) electrons. The van der Waals surface area contributed by atoms with Crippen LogP contribution in [0.2, 0.25) is 0 Å².